The first kappa shape index (κ1) is 11.6. The molecule has 0 fully saturated rings. The number of nitrogens with one attached hydrogen (secondary N) is 1. The number of thioether (sulfide) groups is 1. The van der Waals surface area contributed by atoms with Gasteiger partial charge < -0.3 is 10.1 Å². The van der Waals surface area contributed by atoms with E-state index in [1.807, 2.05) is 18.2 Å². The van der Waals surface area contributed by atoms with Gasteiger partial charge in [0.15, 0.2) is 5.04 Å². The number of benzene rings is 1. The predicted octanol–water partition coefficient (Wildman–Crippen LogP) is 1.83. The van der Waals surface area contributed by atoms with Gasteiger partial charge in [-0.3, -0.25) is 4.99 Å². The minimum Gasteiger partial charge on any atom is -0.358 e. The minimum absolute atomic E-state index is 0.226. The van der Waals surface area contributed by atoms with Crippen LogP contribution >= 0.6 is 11.8 Å². The van der Waals surface area contributed by atoms with E-state index >= 15 is 0 Å². The highest BCUT2D eigenvalue weighted by Crippen LogP contribution is 2.14. The number of amidine groups is 1. The van der Waals surface area contributed by atoms with Gasteiger partial charge in [-0.25, -0.2) is 0 Å². The smallest absolute Gasteiger partial charge is 0.358 e. The maximum Gasteiger partial charge on any atom is 0.419 e. The first-order chi connectivity index (χ1) is 8.27. The van der Waals surface area contributed by atoms with Crippen LogP contribution in [0.4, 0.5) is 5.69 Å². The molecule has 0 atom stereocenters. The normalized spacial score (nSPS) is 15.5. The highest BCUT2D eigenvalue weighted by Gasteiger charge is 2.25. The summed E-state index contributed by atoms with van der Waals surface area (Å²) in [5.41, 5.74) is 3.36. The Labute approximate surface area is 102 Å². The molecule has 0 spiro atoms. The third-order valence-corrected chi connectivity index (χ3v) is 2.99. The third kappa shape index (κ3) is 3.04. The molecule has 1 aromatic rings. The summed E-state index contributed by atoms with van der Waals surface area (Å²) in [5.74, 6) is 0.546. The number of anilines is 1. The predicted molar refractivity (Wildman–Crippen MR) is 69.3 cm³/mol. The fraction of sp³-hybridized carbons (Fsp3) is 0.200. The van der Waals surface area contributed by atoms with Crippen LogP contribution in [-0.2, 0) is 0 Å². The summed E-state index contributed by atoms with van der Waals surface area (Å²) in [6.07, 6.45) is 0. The Morgan fingerprint density at radius 2 is 2.24 bits per heavy atom. The van der Waals surface area contributed by atoms with E-state index in [4.69, 9.17) is 0 Å². The number of rotatable bonds is 3. The minimum atomic E-state index is -0.521. The largest absolute Gasteiger partial charge is 0.419 e. The first-order valence-corrected chi connectivity index (χ1v) is 5.96. The average Bonchev–Trinajstić information content (AvgIpc) is 2.84. The van der Waals surface area contributed by atoms with Crippen molar-refractivity contribution in [3.63, 3.8) is 0 Å². The molecule has 0 radical (unpaired) electrons. The summed E-state index contributed by atoms with van der Waals surface area (Å²) >= 11 is 1.35. The molecule has 6 nitrogen and oxygen atoms in total. The number of hydrogen-bond acceptors (Lipinski definition) is 6. The molecule has 0 unspecified atom stereocenters. The lowest BCUT2D eigenvalue weighted by Gasteiger charge is -1.98. The Kier molecular flexibility index (Phi) is 3.71. The molecular formula is C10H10N4O2S. The van der Waals surface area contributed by atoms with Crippen molar-refractivity contribution in [1.29, 1.82) is 0 Å². The molecule has 1 aliphatic heterocycles. The van der Waals surface area contributed by atoms with E-state index in [0.29, 0.717) is 17.3 Å². The van der Waals surface area contributed by atoms with Crippen LogP contribution in [0.5, 0.6) is 0 Å². The second-order valence-corrected chi connectivity index (χ2v) is 4.29. The molecule has 1 heterocycles. The molecule has 0 aliphatic carbocycles. The second-order valence-electron chi connectivity index (χ2n) is 3.21. The van der Waals surface area contributed by atoms with Gasteiger partial charge >= 0.3 is 5.84 Å². The Balaban J connectivity index is 2.14. The van der Waals surface area contributed by atoms with Crippen molar-refractivity contribution in [1.82, 2.24) is 0 Å². The summed E-state index contributed by atoms with van der Waals surface area (Å²) in [5, 5.41) is 15.0. The van der Waals surface area contributed by atoms with Gasteiger partial charge in [0.05, 0.1) is 17.3 Å². The van der Waals surface area contributed by atoms with Crippen LogP contribution in [0.2, 0.25) is 0 Å². The topological polar surface area (TPSA) is 79.9 Å². The van der Waals surface area contributed by atoms with Crippen LogP contribution in [-0.4, -0.2) is 28.1 Å². The van der Waals surface area contributed by atoms with E-state index in [0.717, 1.165) is 5.75 Å². The van der Waals surface area contributed by atoms with Gasteiger partial charge in [0.1, 0.15) is 0 Å². The monoisotopic (exact) mass is 250 g/mol. The van der Waals surface area contributed by atoms with Crippen LogP contribution in [0.15, 0.2) is 40.4 Å². The average molecular weight is 250 g/mol. The Hall–Kier alpha value is -1.89. The van der Waals surface area contributed by atoms with Gasteiger partial charge in [-0.2, -0.15) is 5.43 Å². The van der Waals surface area contributed by atoms with Gasteiger partial charge in [-0.05, 0) is 17.1 Å². The fourth-order valence-corrected chi connectivity index (χ4v) is 2.08. The molecule has 1 N–H and O–H groups in total. The SMILES string of the molecule is O=[N+]([O-])/C(=N\Nc1ccccc1)C1=NCCS1. The number of aliphatic imine (C=N–C) groups is 1. The molecule has 0 bridgehead atoms. The van der Waals surface area contributed by atoms with Crippen molar-refractivity contribution in [2.75, 3.05) is 17.7 Å². The highest BCUT2D eigenvalue weighted by atomic mass is 32.2. The Morgan fingerprint density at radius 3 is 2.82 bits per heavy atom. The highest BCUT2D eigenvalue weighted by molar-refractivity contribution is 8.16. The first-order valence-electron chi connectivity index (χ1n) is 4.98. The molecule has 0 saturated heterocycles. The molecular weight excluding hydrogens is 240 g/mol. The van der Waals surface area contributed by atoms with Crippen molar-refractivity contribution < 1.29 is 4.92 Å². The summed E-state index contributed by atoms with van der Waals surface area (Å²) in [6, 6.07) is 9.08. The number of nitrogens with zero attached hydrogens (tertiary/aromatic N) is 3. The zero-order chi connectivity index (χ0) is 12.1. The summed E-state index contributed by atoms with van der Waals surface area (Å²) in [6.45, 7) is 0.609. The standard InChI is InChI=1S/C10H10N4O2S/c15-14(16)9(10-11-6-7-17-10)13-12-8-4-2-1-3-5-8/h1-5,12H,6-7H2/b13-9-. The quantitative estimate of drug-likeness (QED) is 0.384. The molecule has 2 rings (SSSR count). The summed E-state index contributed by atoms with van der Waals surface area (Å²) < 4.78 is 0. The maximum absolute atomic E-state index is 10.8. The molecule has 7 heteroatoms. The van der Waals surface area contributed by atoms with Crippen molar-refractivity contribution in [3.05, 3.63) is 40.4 Å². The number of para-hydroxylation sites is 1. The van der Waals surface area contributed by atoms with Crippen molar-refractivity contribution in [2.45, 2.75) is 0 Å². The molecule has 0 amide bonds. The Morgan fingerprint density at radius 1 is 1.47 bits per heavy atom. The molecule has 1 aliphatic rings. The molecule has 1 aromatic carbocycles. The van der Waals surface area contributed by atoms with E-state index in [2.05, 4.69) is 15.5 Å². The zero-order valence-electron chi connectivity index (χ0n) is 8.87. The maximum atomic E-state index is 10.8. The third-order valence-electron chi connectivity index (χ3n) is 2.01. The van der Waals surface area contributed by atoms with Gasteiger partial charge in [-0.15, -0.1) is 0 Å². The van der Waals surface area contributed by atoms with E-state index in [9.17, 15) is 10.1 Å². The van der Waals surface area contributed by atoms with E-state index in [1.54, 1.807) is 12.1 Å². The molecule has 0 saturated carbocycles. The van der Waals surface area contributed by atoms with E-state index in [-0.39, 0.29) is 5.84 Å². The van der Waals surface area contributed by atoms with Crippen LogP contribution in [0.3, 0.4) is 0 Å². The molecule has 88 valence electrons. The number of nitro groups is 1. The lowest BCUT2D eigenvalue weighted by atomic mass is 10.3. The summed E-state index contributed by atoms with van der Waals surface area (Å²) in [4.78, 5) is 14.4. The van der Waals surface area contributed by atoms with Crippen molar-refractivity contribution >= 4 is 28.3 Å². The molecule has 17 heavy (non-hydrogen) atoms. The Bertz CT molecular complexity index is 472. The summed E-state index contributed by atoms with van der Waals surface area (Å²) in [7, 11) is 0. The van der Waals surface area contributed by atoms with Gasteiger partial charge in [0.25, 0.3) is 0 Å². The van der Waals surface area contributed by atoms with Gasteiger partial charge in [0, 0.05) is 5.75 Å². The van der Waals surface area contributed by atoms with E-state index in [1.165, 1.54) is 11.8 Å². The molecule has 0 aromatic heterocycles. The zero-order valence-corrected chi connectivity index (χ0v) is 9.68. The van der Waals surface area contributed by atoms with Crippen LogP contribution in [0.25, 0.3) is 0 Å². The van der Waals surface area contributed by atoms with Crippen LogP contribution < -0.4 is 5.43 Å². The number of hydrazone groups is 1. The van der Waals surface area contributed by atoms with Crippen LogP contribution in [0, 0.1) is 10.1 Å². The number of hydrogen-bond donors (Lipinski definition) is 1. The van der Waals surface area contributed by atoms with Gasteiger partial charge in [0.2, 0.25) is 0 Å². The van der Waals surface area contributed by atoms with Gasteiger partial charge in [-0.1, -0.05) is 30.0 Å². The lowest BCUT2D eigenvalue weighted by Crippen LogP contribution is -2.21. The van der Waals surface area contributed by atoms with Crippen molar-refractivity contribution in [2.24, 2.45) is 10.1 Å². The fourth-order valence-electron chi connectivity index (χ4n) is 1.27. The lowest BCUT2D eigenvalue weighted by molar-refractivity contribution is -0.345. The van der Waals surface area contributed by atoms with Crippen molar-refractivity contribution in [3.8, 4) is 0 Å². The second kappa shape index (κ2) is 5.44. The van der Waals surface area contributed by atoms with Crippen LogP contribution in [0.1, 0.15) is 0 Å². The van der Waals surface area contributed by atoms with E-state index < -0.39 is 4.92 Å².